The molecule has 1 aliphatic rings. The summed E-state index contributed by atoms with van der Waals surface area (Å²) in [6, 6.07) is 20.3. The van der Waals surface area contributed by atoms with E-state index in [9.17, 15) is 4.79 Å². The molecule has 0 amide bonds. The fourth-order valence-corrected chi connectivity index (χ4v) is 3.83. The zero-order valence-corrected chi connectivity index (χ0v) is 14.9. The minimum Gasteiger partial charge on any atom is -0.461 e. The maximum absolute atomic E-state index is 13.0. The molecule has 3 rings (SSSR count). The highest BCUT2D eigenvalue weighted by atomic mass is 16.5. The monoisotopic (exact) mass is 339 g/mol. The van der Waals surface area contributed by atoms with Crippen LogP contribution in [0, 0.1) is 0 Å². The molecule has 1 atom stereocenters. The normalized spacial score (nSPS) is 17.6. The van der Waals surface area contributed by atoms with E-state index < -0.39 is 0 Å². The molecule has 1 saturated heterocycles. The maximum Gasteiger partial charge on any atom is 0.369 e. The second-order valence-electron chi connectivity index (χ2n) is 6.62. The van der Waals surface area contributed by atoms with Crippen molar-refractivity contribution in [1.82, 2.24) is 5.32 Å². The SMILES string of the molecule is CCOC(=O)C(c1ccccc1)[N+]1(Cc2ccccc2)CCNCC1. The third-order valence-corrected chi connectivity index (χ3v) is 4.98. The Morgan fingerprint density at radius 3 is 2.24 bits per heavy atom. The summed E-state index contributed by atoms with van der Waals surface area (Å²) in [6.45, 7) is 6.76. The number of benzene rings is 2. The number of hydrogen-bond donors (Lipinski definition) is 1. The number of esters is 1. The molecule has 1 N–H and O–H groups in total. The maximum atomic E-state index is 13.0. The lowest BCUT2D eigenvalue weighted by atomic mass is 9.99. The lowest BCUT2D eigenvalue weighted by Crippen LogP contribution is -2.61. The molecule has 4 nitrogen and oxygen atoms in total. The van der Waals surface area contributed by atoms with Gasteiger partial charge in [0.1, 0.15) is 6.54 Å². The smallest absolute Gasteiger partial charge is 0.369 e. The van der Waals surface area contributed by atoms with E-state index in [1.54, 1.807) is 0 Å². The molecule has 2 aromatic carbocycles. The highest BCUT2D eigenvalue weighted by molar-refractivity contribution is 5.76. The molecule has 2 aromatic rings. The summed E-state index contributed by atoms with van der Waals surface area (Å²) in [7, 11) is 0. The van der Waals surface area contributed by atoms with Gasteiger partial charge in [0.15, 0.2) is 0 Å². The van der Waals surface area contributed by atoms with Crippen LogP contribution in [0.1, 0.15) is 24.1 Å². The summed E-state index contributed by atoms with van der Waals surface area (Å²) in [5.41, 5.74) is 2.30. The van der Waals surface area contributed by atoms with Crippen molar-refractivity contribution in [3.05, 3.63) is 71.8 Å². The number of hydrogen-bond acceptors (Lipinski definition) is 3. The summed E-state index contributed by atoms with van der Waals surface area (Å²) in [6.07, 6.45) is 0. The Hall–Kier alpha value is -2.17. The molecule has 132 valence electrons. The zero-order chi connectivity index (χ0) is 17.5. The quantitative estimate of drug-likeness (QED) is 0.650. The van der Waals surface area contributed by atoms with Crippen LogP contribution in [0.25, 0.3) is 0 Å². The summed E-state index contributed by atoms with van der Waals surface area (Å²) in [5.74, 6) is -0.119. The van der Waals surface area contributed by atoms with E-state index in [1.807, 2.05) is 31.2 Å². The first-order chi connectivity index (χ1) is 12.2. The van der Waals surface area contributed by atoms with Crippen LogP contribution in [0.2, 0.25) is 0 Å². The van der Waals surface area contributed by atoms with E-state index >= 15 is 0 Å². The largest absolute Gasteiger partial charge is 0.461 e. The number of carbonyl (C=O) groups is 1. The molecular weight excluding hydrogens is 312 g/mol. The van der Waals surface area contributed by atoms with E-state index in [0.717, 1.165) is 38.3 Å². The van der Waals surface area contributed by atoms with Gasteiger partial charge in [-0.25, -0.2) is 4.79 Å². The Kier molecular flexibility index (Phi) is 5.84. The van der Waals surface area contributed by atoms with Crippen LogP contribution in [-0.4, -0.2) is 43.2 Å². The molecule has 0 saturated carbocycles. The van der Waals surface area contributed by atoms with E-state index in [1.165, 1.54) is 5.56 Å². The fourth-order valence-electron chi connectivity index (χ4n) is 3.83. The predicted octanol–water partition coefficient (Wildman–Crippen LogP) is 2.91. The van der Waals surface area contributed by atoms with E-state index in [4.69, 9.17) is 4.74 Å². The van der Waals surface area contributed by atoms with Crippen molar-refractivity contribution in [1.29, 1.82) is 0 Å². The fraction of sp³-hybridized carbons (Fsp3) is 0.381. The average Bonchev–Trinajstić information content (AvgIpc) is 2.64. The van der Waals surface area contributed by atoms with Crippen LogP contribution in [0.3, 0.4) is 0 Å². The molecular formula is C21H27N2O2+. The summed E-state index contributed by atoms with van der Waals surface area (Å²) in [4.78, 5) is 13.0. The molecule has 0 spiro atoms. The van der Waals surface area contributed by atoms with E-state index in [0.29, 0.717) is 11.1 Å². The lowest BCUT2D eigenvalue weighted by molar-refractivity contribution is -0.962. The minimum absolute atomic E-state index is 0.119. The molecule has 4 heteroatoms. The van der Waals surface area contributed by atoms with E-state index in [2.05, 4.69) is 41.7 Å². The summed E-state index contributed by atoms with van der Waals surface area (Å²) in [5, 5.41) is 3.43. The first kappa shape index (κ1) is 17.6. The van der Waals surface area contributed by atoms with E-state index in [-0.39, 0.29) is 12.0 Å². The van der Waals surface area contributed by atoms with Gasteiger partial charge in [-0.15, -0.1) is 0 Å². The number of nitrogens with zero attached hydrogens (tertiary/aromatic N) is 1. The lowest BCUT2D eigenvalue weighted by Gasteiger charge is -2.46. The van der Waals surface area contributed by atoms with Gasteiger partial charge in [0.25, 0.3) is 0 Å². The number of carbonyl (C=O) groups excluding carboxylic acids is 1. The molecule has 0 aliphatic carbocycles. The van der Waals surface area contributed by atoms with Crippen molar-refractivity contribution in [2.45, 2.75) is 19.5 Å². The van der Waals surface area contributed by atoms with Gasteiger partial charge < -0.3 is 14.5 Å². The Morgan fingerprint density at radius 2 is 1.64 bits per heavy atom. The average molecular weight is 339 g/mol. The molecule has 1 unspecified atom stereocenters. The Bertz CT molecular complexity index is 667. The number of rotatable bonds is 6. The number of quaternary nitrogens is 1. The number of piperazine rings is 1. The van der Waals surface area contributed by atoms with Gasteiger partial charge in [-0.3, -0.25) is 0 Å². The van der Waals surface area contributed by atoms with Gasteiger partial charge in [-0.05, 0) is 6.92 Å². The first-order valence-electron chi connectivity index (χ1n) is 9.07. The third kappa shape index (κ3) is 4.09. The van der Waals surface area contributed by atoms with Gasteiger partial charge >= 0.3 is 5.97 Å². The van der Waals surface area contributed by atoms with Crippen LogP contribution in [0.5, 0.6) is 0 Å². The van der Waals surface area contributed by atoms with Crippen LogP contribution < -0.4 is 5.32 Å². The number of ether oxygens (including phenoxy) is 1. The van der Waals surface area contributed by atoms with Crippen molar-refractivity contribution in [2.75, 3.05) is 32.8 Å². The van der Waals surface area contributed by atoms with Gasteiger partial charge in [-0.1, -0.05) is 60.7 Å². The molecule has 25 heavy (non-hydrogen) atoms. The van der Waals surface area contributed by atoms with Crippen LogP contribution in [0.15, 0.2) is 60.7 Å². The van der Waals surface area contributed by atoms with Crippen molar-refractivity contribution >= 4 is 5.97 Å². The Morgan fingerprint density at radius 1 is 1.04 bits per heavy atom. The molecule has 0 radical (unpaired) electrons. The third-order valence-electron chi connectivity index (χ3n) is 4.98. The molecule has 0 aromatic heterocycles. The Balaban J connectivity index is 2.01. The summed E-state index contributed by atoms with van der Waals surface area (Å²) < 4.78 is 6.21. The van der Waals surface area contributed by atoms with Crippen molar-refractivity contribution < 1.29 is 14.0 Å². The molecule has 0 bridgehead atoms. The molecule has 1 fully saturated rings. The standard InChI is InChI=1S/C21H27N2O2/c1-2-25-21(24)20(19-11-7-4-8-12-19)23(15-13-22-14-16-23)17-18-9-5-3-6-10-18/h3-12,20,22H,2,13-17H2,1H3/q+1. The van der Waals surface area contributed by atoms with Crippen molar-refractivity contribution in [3.63, 3.8) is 0 Å². The van der Waals surface area contributed by atoms with Gasteiger partial charge in [0.2, 0.25) is 6.04 Å². The van der Waals surface area contributed by atoms with Gasteiger partial charge in [0, 0.05) is 24.2 Å². The van der Waals surface area contributed by atoms with Crippen LogP contribution in [0.4, 0.5) is 0 Å². The molecule has 1 aliphatic heterocycles. The molecule has 1 heterocycles. The second-order valence-corrected chi connectivity index (χ2v) is 6.62. The van der Waals surface area contributed by atoms with Gasteiger partial charge in [0.05, 0.1) is 19.7 Å². The van der Waals surface area contributed by atoms with Crippen LogP contribution in [-0.2, 0) is 16.1 Å². The first-order valence-corrected chi connectivity index (χ1v) is 9.07. The van der Waals surface area contributed by atoms with Crippen molar-refractivity contribution in [2.24, 2.45) is 0 Å². The Labute approximate surface area is 150 Å². The number of nitrogens with one attached hydrogen (secondary N) is 1. The van der Waals surface area contributed by atoms with Crippen molar-refractivity contribution in [3.8, 4) is 0 Å². The minimum atomic E-state index is -0.288. The highest BCUT2D eigenvalue weighted by Gasteiger charge is 2.45. The second kappa shape index (κ2) is 8.28. The zero-order valence-electron chi connectivity index (χ0n) is 14.9. The summed E-state index contributed by atoms with van der Waals surface area (Å²) >= 11 is 0. The topological polar surface area (TPSA) is 38.3 Å². The highest BCUT2D eigenvalue weighted by Crippen LogP contribution is 2.33. The van der Waals surface area contributed by atoms with Crippen LogP contribution >= 0.6 is 0 Å². The van der Waals surface area contributed by atoms with Gasteiger partial charge in [-0.2, -0.15) is 0 Å². The predicted molar refractivity (Wildman–Crippen MR) is 98.8 cm³/mol.